The van der Waals surface area contributed by atoms with Crippen LogP contribution in [0.3, 0.4) is 0 Å². The highest BCUT2D eigenvalue weighted by Crippen LogP contribution is 2.27. The third kappa shape index (κ3) is 3.57. The number of nitrogens with two attached hydrogens (primary N) is 1. The van der Waals surface area contributed by atoms with Gasteiger partial charge in [0, 0.05) is 12.6 Å². The van der Waals surface area contributed by atoms with Crippen LogP contribution in [-0.2, 0) is 17.4 Å². The molecule has 0 spiro atoms. The molecule has 2 N–H and O–H groups in total. The van der Waals surface area contributed by atoms with Gasteiger partial charge in [0.25, 0.3) is 0 Å². The summed E-state index contributed by atoms with van der Waals surface area (Å²) in [7, 11) is 0. The number of hydrogen-bond acceptors (Lipinski definition) is 2. The van der Waals surface area contributed by atoms with Crippen LogP contribution in [0.1, 0.15) is 17.7 Å². The van der Waals surface area contributed by atoms with Crippen LogP contribution < -0.4 is 5.73 Å². The highest BCUT2D eigenvalue weighted by Gasteiger charge is 2.31. The number of rotatable bonds is 3. The summed E-state index contributed by atoms with van der Waals surface area (Å²) in [6.45, 7) is 0. The minimum absolute atomic E-state index is 0.104. The summed E-state index contributed by atoms with van der Waals surface area (Å²) in [5.74, 6) is -0.491. The first-order valence-corrected chi connectivity index (χ1v) is 4.20. The summed E-state index contributed by atoms with van der Waals surface area (Å²) >= 11 is 0. The number of alkyl halides is 3. The largest absolute Gasteiger partial charge is 0.433 e. The third-order valence-corrected chi connectivity index (χ3v) is 1.78. The molecule has 3 nitrogen and oxygen atoms in total. The predicted octanol–water partition coefficient (Wildman–Crippen LogP) is 1.52. The molecule has 0 saturated carbocycles. The first-order valence-electron chi connectivity index (χ1n) is 4.20. The molecule has 1 amide bonds. The van der Waals surface area contributed by atoms with E-state index in [0.717, 1.165) is 12.3 Å². The van der Waals surface area contributed by atoms with Crippen LogP contribution in [0.2, 0.25) is 0 Å². The molecule has 0 fully saturated rings. The quantitative estimate of drug-likeness (QED) is 0.836. The van der Waals surface area contributed by atoms with E-state index in [1.165, 1.54) is 6.07 Å². The number of hydrogen-bond donors (Lipinski definition) is 1. The van der Waals surface area contributed by atoms with Crippen molar-refractivity contribution in [2.75, 3.05) is 0 Å². The van der Waals surface area contributed by atoms with Gasteiger partial charge in [0.15, 0.2) is 0 Å². The highest BCUT2D eigenvalue weighted by molar-refractivity contribution is 5.73. The molecular formula is C9H9F3N2O. The van der Waals surface area contributed by atoms with Crippen LogP contribution in [0.25, 0.3) is 0 Å². The molecule has 0 atom stereocenters. The average molecular weight is 218 g/mol. The van der Waals surface area contributed by atoms with Crippen LogP contribution in [-0.4, -0.2) is 10.9 Å². The SMILES string of the molecule is NC(=O)CCc1ccc(C(F)(F)F)nc1. The van der Waals surface area contributed by atoms with E-state index in [-0.39, 0.29) is 6.42 Å². The van der Waals surface area contributed by atoms with Gasteiger partial charge in [-0.15, -0.1) is 0 Å². The van der Waals surface area contributed by atoms with Crippen LogP contribution in [0.4, 0.5) is 13.2 Å². The van der Waals surface area contributed by atoms with Crippen molar-refractivity contribution in [1.82, 2.24) is 4.98 Å². The Labute approximate surface area is 84.1 Å². The fourth-order valence-corrected chi connectivity index (χ4v) is 1.01. The molecule has 0 aliphatic rings. The first-order chi connectivity index (χ1) is 6.89. The van der Waals surface area contributed by atoms with Crippen molar-refractivity contribution in [1.29, 1.82) is 0 Å². The minimum atomic E-state index is -4.43. The number of halogens is 3. The fraction of sp³-hybridized carbons (Fsp3) is 0.333. The summed E-state index contributed by atoms with van der Waals surface area (Å²) in [6.07, 6.45) is -2.92. The van der Waals surface area contributed by atoms with E-state index in [4.69, 9.17) is 5.73 Å². The Morgan fingerprint density at radius 1 is 1.40 bits per heavy atom. The zero-order valence-electron chi connectivity index (χ0n) is 7.71. The van der Waals surface area contributed by atoms with E-state index < -0.39 is 17.8 Å². The van der Waals surface area contributed by atoms with Crippen molar-refractivity contribution < 1.29 is 18.0 Å². The van der Waals surface area contributed by atoms with Crippen molar-refractivity contribution in [2.24, 2.45) is 5.73 Å². The van der Waals surface area contributed by atoms with E-state index in [9.17, 15) is 18.0 Å². The molecule has 0 aromatic carbocycles. The summed E-state index contributed by atoms with van der Waals surface area (Å²) in [4.78, 5) is 13.7. The summed E-state index contributed by atoms with van der Waals surface area (Å²) in [5, 5.41) is 0. The second-order valence-electron chi connectivity index (χ2n) is 3.02. The Bertz CT molecular complexity index is 345. The van der Waals surface area contributed by atoms with E-state index in [1.54, 1.807) is 0 Å². The zero-order valence-corrected chi connectivity index (χ0v) is 7.71. The average Bonchev–Trinajstić information content (AvgIpc) is 2.14. The van der Waals surface area contributed by atoms with E-state index >= 15 is 0 Å². The van der Waals surface area contributed by atoms with Gasteiger partial charge in [0.05, 0.1) is 0 Å². The van der Waals surface area contributed by atoms with Crippen molar-refractivity contribution in [3.63, 3.8) is 0 Å². The lowest BCUT2D eigenvalue weighted by Crippen LogP contribution is -2.12. The Balaban J connectivity index is 2.69. The zero-order chi connectivity index (χ0) is 11.5. The van der Waals surface area contributed by atoms with Crippen molar-refractivity contribution in [3.05, 3.63) is 29.6 Å². The number of carbonyl (C=O) groups is 1. The molecule has 0 bridgehead atoms. The van der Waals surface area contributed by atoms with Crippen LogP contribution >= 0.6 is 0 Å². The molecule has 15 heavy (non-hydrogen) atoms. The number of aromatic nitrogens is 1. The van der Waals surface area contributed by atoms with Gasteiger partial charge in [-0.25, -0.2) is 0 Å². The molecular weight excluding hydrogens is 209 g/mol. The number of pyridine rings is 1. The maximum absolute atomic E-state index is 12.1. The second-order valence-corrected chi connectivity index (χ2v) is 3.02. The first kappa shape index (κ1) is 11.5. The molecule has 1 aromatic rings. The summed E-state index contributed by atoms with van der Waals surface area (Å²) < 4.78 is 36.3. The molecule has 6 heteroatoms. The van der Waals surface area contributed by atoms with Gasteiger partial charge in [-0.3, -0.25) is 9.78 Å². The van der Waals surface area contributed by atoms with Crippen LogP contribution in [0, 0.1) is 0 Å². The van der Waals surface area contributed by atoms with Crippen molar-refractivity contribution >= 4 is 5.91 Å². The van der Waals surface area contributed by atoms with Gasteiger partial charge in [0.1, 0.15) is 5.69 Å². The lowest BCUT2D eigenvalue weighted by atomic mass is 10.1. The van der Waals surface area contributed by atoms with Gasteiger partial charge in [-0.1, -0.05) is 6.07 Å². The standard InChI is InChI=1S/C9H9F3N2O/c10-9(11,12)7-3-1-6(5-14-7)2-4-8(13)15/h1,3,5H,2,4H2,(H2,13,15). The lowest BCUT2D eigenvalue weighted by Gasteiger charge is -2.05. The molecule has 0 radical (unpaired) electrons. The van der Waals surface area contributed by atoms with E-state index in [2.05, 4.69) is 4.98 Å². The van der Waals surface area contributed by atoms with Crippen LogP contribution in [0.15, 0.2) is 18.3 Å². The normalized spacial score (nSPS) is 11.4. The molecule has 0 unspecified atom stereocenters. The minimum Gasteiger partial charge on any atom is -0.370 e. The molecule has 0 saturated heterocycles. The Morgan fingerprint density at radius 2 is 2.07 bits per heavy atom. The monoisotopic (exact) mass is 218 g/mol. The molecule has 0 aliphatic heterocycles. The van der Waals surface area contributed by atoms with Gasteiger partial charge in [-0.05, 0) is 18.1 Å². The topological polar surface area (TPSA) is 56.0 Å². The predicted molar refractivity (Wildman–Crippen MR) is 46.8 cm³/mol. The molecule has 0 aliphatic carbocycles. The lowest BCUT2D eigenvalue weighted by molar-refractivity contribution is -0.141. The maximum atomic E-state index is 12.1. The number of nitrogens with zero attached hydrogens (tertiary/aromatic N) is 1. The maximum Gasteiger partial charge on any atom is 0.433 e. The van der Waals surface area contributed by atoms with Crippen LogP contribution in [0.5, 0.6) is 0 Å². The third-order valence-electron chi connectivity index (χ3n) is 1.78. The number of amides is 1. The van der Waals surface area contributed by atoms with Gasteiger partial charge >= 0.3 is 6.18 Å². The van der Waals surface area contributed by atoms with E-state index in [1.807, 2.05) is 0 Å². The van der Waals surface area contributed by atoms with Gasteiger partial charge in [0.2, 0.25) is 5.91 Å². The highest BCUT2D eigenvalue weighted by atomic mass is 19.4. The number of carbonyl (C=O) groups excluding carboxylic acids is 1. The summed E-state index contributed by atoms with van der Waals surface area (Å²) in [6, 6.07) is 2.18. The van der Waals surface area contributed by atoms with E-state index in [0.29, 0.717) is 12.0 Å². The number of aryl methyl sites for hydroxylation is 1. The van der Waals surface area contributed by atoms with Crippen molar-refractivity contribution in [3.8, 4) is 0 Å². The van der Waals surface area contributed by atoms with Gasteiger partial charge in [-0.2, -0.15) is 13.2 Å². The molecule has 82 valence electrons. The second kappa shape index (κ2) is 4.29. The Hall–Kier alpha value is -1.59. The Kier molecular flexibility index (Phi) is 3.28. The van der Waals surface area contributed by atoms with Crippen molar-refractivity contribution in [2.45, 2.75) is 19.0 Å². The molecule has 1 heterocycles. The summed E-state index contributed by atoms with van der Waals surface area (Å²) in [5.41, 5.74) is 4.52. The fourth-order valence-electron chi connectivity index (χ4n) is 1.01. The number of primary amides is 1. The Morgan fingerprint density at radius 3 is 2.47 bits per heavy atom. The van der Waals surface area contributed by atoms with Gasteiger partial charge < -0.3 is 5.73 Å². The molecule has 1 rings (SSSR count). The smallest absolute Gasteiger partial charge is 0.370 e. The molecule has 1 aromatic heterocycles.